The molecule has 1 fully saturated rings. The molecule has 2 heterocycles. The topological polar surface area (TPSA) is 75.0 Å². The molecular formula is C26H31N3O4. The van der Waals surface area contributed by atoms with Crippen molar-refractivity contribution in [1.29, 1.82) is 0 Å². The van der Waals surface area contributed by atoms with Crippen LogP contribution in [0, 0.1) is 13.8 Å². The number of nitrogens with one attached hydrogen (secondary N) is 1. The van der Waals surface area contributed by atoms with E-state index in [2.05, 4.69) is 10.2 Å². The van der Waals surface area contributed by atoms with Crippen molar-refractivity contribution in [1.82, 2.24) is 4.90 Å². The summed E-state index contributed by atoms with van der Waals surface area (Å²) in [6.45, 7) is 9.59. The Labute approximate surface area is 194 Å². The van der Waals surface area contributed by atoms with Crippen LogP contribution in [0.2, 0.25) is 0 Å². The van der Waals surface area contributed by atoms with E-state index in [4.69, 9.17) is 9.15 Å². The third-order valence-corrected chi connectivity index (χ3v) is 6.28. The summed E-state index contributed by atoms with van der Waals surface area (Å²) in [6, 6.07) is 11.8. The number of anilines is 2. The van der Waals surface area contributed by atoms with E-state index in [0.29, 0.717) is 12.2 Å². The van der Waals surface area contributed by atoms with Gasteiger partial charge in [-0.2, -0.15) is 0 Å². The van der Waals surface area contributed by atoms with E-state index in [9.17, 15) is 9.59 Å². The number of carbonyl (C=O) groups is 2. The monoisotopic (exact) mass is 449 g/mol. The lowest BCUT2D eigenvalue weighted by Gasteiger charge is -2.29. The number of furan rings is 1. The molecule has 7 nitrogen and oxygen atoms in total. The highest BCUT2D eigenvalue weighted by Crippen LogP contribution is 2.27. The summed E-state index contributed by atoms with van der Waals surface area (Å²) in [7, 11) is 0. The number of aryl methyl sites for hydroxylation is 2. The summed E-state index contributed by atoms with van der Waals surface area (Å²) in [5.74, 6) is -0.316. The molecule has 1 saturated heterocycles. The molecule has 174 valence electrons. The quantitative estimate of drug-likeness (QED) is 0.592. The lowest BCUT2D eigenvalue weighted by molar-refractivity contribution is -0.133. The zero-order valence-corrected chi connectivity index (χ0v) is 19.5. The van der Waals surface area contributed by atoms with Crippen LogP contribution >= 0.6 is 0 Å². The van der Waals surface area contributed by atoms with E-state index >= 15 is 0 Å². The molecule has 1 aromatic heterocycles. The SMILES string of the molecule is CCN(CC(=O)Nc1ccc(N2CCOCC2)cc1)C(=O)Cc1coc2c(C)c(C)ccc12. The zero-order chi connectivity index (χ0) is 23.4. The van der Waals surface area contributed by atoms with E-state index in [1.807, 2.05) is 57.2 Å². The fraction of sp³-hybridized carbons (Fsp3) is 0.385. The van der Waals surface area contributed by atoms with Crippen LogP contribution in [0.1, 0.15) is 23.6 Å². The van der Waals surface area contributed by atoms with Gasteiger partial charge in [0.25, 0.3) is 0 Å². The van der Waals surface area contributed by atoms with Crippen LogP contribution in [0.4, 0.5) is 11.4 Å². The second kappa shape index (κ2) is 10.1. The van der Waals surface area contributed by atoms with Crippen molar-refractivity contribution in [2.45, 2.75) is 27.2 Å². The van der Waals surface area contributed by atoms with Crippen molar-refractivity contribution >= 4 is 34.2 Å². The Morgan fingerprint density at radius 1 is 1.06 bits per heavy atom. The van der Waals surface area contributed by atoms with Crippen molar-refractivity contribution in [3.05, 3.63) is 59.4 Å². The minimum atomic E-state index is -0.215. The first-order chi connectivity index (χ1) is 16.0. The summed E-state index contributed by atoms with van der Waals surface area (Å²) in [5, 5.41) is 3.85. The van der Waals surface area contributed by atoms with Crippen LogP contribution in [-0.2, 0) is 20.7 Å². The number of rotatable bonds is 7. The molecule has 0 bridgehead atoms. The number of carbonyl (C=O) groups excluding carboxylic acids is 2. The summed E-state index contributed by atoms with van der Waals surface area (Å²) in [5.41, 5.74) is 5.72. The third kappa shape index (κ3) is 5.20. The molecule has 0 radical (unpaired) electrons. The molecule has 0 spiro atoms. The van der Waals surface area contributed by atoms with Crippen molar-refractivity contribution in [3.8, 4) is 0 Å². The number of fused-ring (bicyclic) bond motifs is 1. The van der Waals surface area contributed by atoms with Gasteiger partial charge in [0.1, 0.15) is 5.58 Å². The largest absolute Gasteiger partial charge is 0.464 e. The maximum atomic E-state index is 12.9. The molecule has 0 unspecified atom stereocenters. The van der Waals surface area contributed by atoms with E-state index < -0.39 is 0 Å². The average Bonchev–Trinajstić information content (AvgIpc) is 3.24. The van der Waals surface area contributed by atoms with E-state index in [-0.39, 0.29) is 24.8 Å². The minimum Gasteiger partial charge on any atom is -0.464 e. The van der Waals surface area contributed by atoms with Crippen molar-refractivity contribution in [3.63, 3.8) is 0 Å². The van der Waals surface area contributed by atoms with Gasteiger partial charge in [-0.05, 0) is 56.2 Å². The number of benzene rings is 2. The molecule has 1 aliphatic heterocycles. The van der Waals surface area contributed by atoms with Gasteiger partial charge < -0.3 is 24.3 Å². The van der Waals surface area contributed by atoms with Crippen LogP contribution in [0.5, 0.6) is 0 Å². The summed E-state index contributed by atoms with van der Waals surface area (Å²) >= 11 is 0. The number of nitrogens with zero attached hydrogens (tertiary/aromatic N) is 2. The molecule has 1 aliphatic rings. The number of amides is 2. The highest BCUT2D eigenvalue weighted by molar-refractivity contribution is 5.96. The summed E-state index contributed by atoms with van der Waals surface area (Å²) in [6.07, 6.45) is 1.85. The number of morpholine rings is 1. The second-order valence-corrected chi connectivity index (χ2v) is 8.42. The molecule has 0 atom stereocenters. The predicted octanol–water partition coefficient (Wildman–Crippen LogP) is 3.92. The number of likely N-dealkylation sites (N-methyl/N-ethyl adjacent to an activating group) is 1. The first kappa shape index (κ1) is 22.9. The van der Waals surface area contributed by atoms with Crippen molar-refractivity contribution < 1.29 is 18.7 Å². The highest BCUT2D eigenvalue weighted by Gasteiger charge is 2.19. The molecular weight excluding hydrogens is 418 g/mol. The molecule has 0 saturated carbocycles. The number of hydrogen-bond acceptors (Lipinski definition) is 5. The van der Waals surface area contributed by atoms with E-state index in [0.717, 1.165) is 59.7 Å². The van der Waals surface area contributed by atoms with Crippen LogP contribution in [0.25, 0.3) is 11.0 Å². The molecule has 33 heavy (non-hydrogen) atoms. The molecule has 1 N–H and O–H groups in total. The van der Waals surface area contributed by atoms with Gasteiger partial charge in [0.15, 0.2) is 0 Å². The first-order valence-electron chi connectivity index (χ1n) is 11.4. The van der Waals surface area contributed by atoms with Gasteiger partial charge in [-0.15, -0.1) is 0 Å². The fourth-order valence-corrected chi connectivity index (χ4v) is 4.13. The first-order valence-corrected chi connectivity index (χ1v) is 11.4. The van der Waals surface area contributed by atoms with Crippen LogP contribution in [-0.4, -0.2) is 56.1 Å². The third-order valence-electron chi connectivity index (χ3n) is 6.28. The lowest BCUT2D eigenvalue weighted by Crippen LogP contribution is -2.38. The Hall–Kier alpha value is -3.32. The van der Waals surface area contributed by atoms with Gasteiger partial charge in [-0.3, -0.25) is 9.59 Å². The van der Waals surface area contributed by atoms with Crippen molar-refractivity contribution in [2.24, 2.45) is 0 Å². The zero-order valence-electron chi connectivity index (χ0n) is 19.5. The molecule has 2 aromatic carbocycles. The smallest absolute Gasteiger partial charge is 0.243 e. The number of hydrogen-bond donors (Lipinski definition) is 1. The lowest BCUT2D eigenvalue weighted by atomic mass is 10.0. The molecule has 4 rings (SSSR count). The predicted molar refractivity (Wildman–Crippen MR) is 130 cm³/mol. The van der Waals surface area contributed by atoms with Crippen LogP contribution in [0.15, 0.2) is 47.1 Å². The van der Waals surface area contributed by atoms with Crippen LogP contribution in [0.3, 0.4) is 0 Å². The molecule has 0 aliphatic carbocycles. The van der Waals surface area contributed by atoms with Gasteiger partial charge >= 0.3 is 0 Å². The van der Waals surface area contributed by atoms with Gasteiger partial charge in [0.2, 0.25) is 11.8 Å². The Morgan fingerprint density at radius 2 is 1.79 bits per heavy atom. The average molecular weight is 450 g/mol. The van der Waals surface area contributed by atoms with E-state index in [1.54, 1.807) is 11.2 Å². The Kier molecular flexibility index (Phi) is 6.99. The van der Waals surface area contributed by atoms with Gasteiger partial charge in [0.05, 0.1) is 32.4 Å². The fourth-order valence-electron chi connectivity index (χ4n) is 4.13. The maximum absolute atomic E-state index is 12.9. The van der Waals surface area contributed by atoms with Gasteiger partial charge in [-0.25, -0.2) is 0 Å². The highest BCUT2D eigenvalue weighted by atomic mass is 16.5. The Balaban J connectivity index is 1.35. The second-order valence-electron chi connectivity index (χ2n) is 8.42. The molecule has 2 amide bonds. The standard InChI is InChI=1S/C26H31N3O4/c1-4-28(25(31)15-20-17-33-26-19(3)18(2)5-10-23(20)26)16-24(30)27-21-6-8-22(9-7-21)29-11-13-32-14-12-29/h5-10,17H,4,11-16H2,1-3H3,(H,27,30). The summed E-state index contributed by atoms with van der Waals surface area (Å²) < 4.78 is 11.1. The van der Waals surface area contributed by atoms with E-state index in [1.165, 1.54) is 0 Å². The minimum absolute atomic E-state index is 0.00840. The van der Waals surface area contributed by atoms with Crippen LogP contribution < -0.4 is 10.2 Å². The van der Waals surface area contributed by atoms with Gasteiger partial charge in [-0.1, -0.05) is 12.1 Å². The Bertz CT molecular complexity index is 1130. The van der Waals surface area contributed by atoms with Gasteiger partial charge in [0, 0.05) is 42.0 Å². The Morgan fingerprint density at radius 3 is 2.48 bits per heavy atom. The summed E-state index contributed by atoms with van der Waals surface area (Å²) in [4.78, 5) is 29.4. The molecule has 7 heteroatoms. The number of ether oxygens (including phenoxy) is 1. The maximum Gasteiger partial charge on any atom is 0.243 e. The molecule has 3 aromatic rings. The van der Waals surface area contributed by atoms with Crippen molar-refractivity contribution in [2.75, 3.05) is 49.6 Å². The normalized spacial score (nSPS) is 13.8.